The molecule has 0 unspecified atom stereocenters. The minimum absolute atomic E-state index is 0.0890. The van der Waals surface area contributed by atoms with E-state index in [2.05, 4.69) is 35.2 Å². The quantitative estimate of drug-likeness (QED) is 0.640. The van der Waals surface area contributed by atoms with E-state index in [0.717, 1.165) is 31.8 Å². The zero-order valence-corrected chi connectivity index (χ0v) is 19.5. The van der Waals surface area contributed by atoms with Crippen molar-refractivity contribution in [2.75, 3.05) is 46.9 Å². The minimum atomic E-state index is 0.0890. The van der Waals surface area contributed by atoms with E-state index >= 15 is 0 Å². The number of nitrogens with zero attached hydrogens (tertiary/aromatic N) is 2. The molecule has 2 heterocycles. The first-order chi connectivity index (χ1) is 15.7. The van der Waals surface area contributed by atoms with E-state index in [1.807, 2.05) is 11.0 Å². The number of hydrogen-bond acceptors (Lipinski definition) is 4. The molecule has 2 saturated heterocycles. The van der Waals surface area contributed by atoms with Crippen LogP contribution in [0.2, 0.25) is 0 Å². The molecule has 2 aliphatic rings. The summed E-state index contributed by atoms with van der Waals surface area (Å²) in [6.07, 6.45) is 5.98. The fraction of sp³-hybridized carbons (Fsp3) is 0.519. The SMILES string of the molecule is COc1ccc(C(=O)N2CCC(CN3CCC(Cc4ccccc4)CC3)CC2)cc1OC. The van der Waals surface area contributed by atoms with E-state index in [9.17, 15) is 4.79 Å². The lowest BCUT2D eigenvalue weighted by Gasteiger charge is -2.37. The van der Waals surface area contributed by atoms with Crippen LogP contribution in [0.4, 0.5) is 0 Å². The number of benzene rings is 2. The monoisotopic (exact) mass is 436 g/mol. The van der Waals surface area contributed by atoms with E-state index in [1.165, 1.54) is 44.5 Å². The summed E-state index contributed by atoms with van der Waals surface area (Å²) < 4.78 is 10.6. The molecule has 2 aliphatic heterocycles. The third kappa shape index (κ3) is 5.63. The average molecular weight is 437 g/mol. The minimum Gasteiger partial charge on any atom is -0.493 e. The molecule has 1 amide bonds. The predicted octanol–water partition coefficient (Wildman–Crippen LogP) is 4.51. The number of likely N-dealkylation sites (tertiary alicyclic amines) is 2. The maximum atomic E-state index is 13.0. The van der Waals surface area contributed by atoms with Gasteiger partial charge in [0.1, 0.15) is 0 Å². The first-order valence-corrected chi connectivity index (χ1v) is 11.9. The van der Waals surface area contributed by atoms with Gasteiger partial charge in [-0.1, -0.05) is 30.3 Å². The smallest absolute Gasteiger partial charge is 0.253 e. The van der Waals surface area contributed by atoms with Crippen molar-refractivity contribution in [3.05, 3.63) is 59.7 Å². The first kappa shape index (κ1) is 22.7. The molecule has 0 radical (unpaired) electrons. The van der Waals surface area contributed by atoms with Gasteiger partial charge in [0.2, 0.25) is 0 Å². The van der Waals surface area contributed by atoms with E-state index in [4.69, 9.17) is 9.47 Å². The van der Waals surface area contributed by atoms with Gasteiger partial charge in [0.05, 0.1) is 14.2 Å². The summed E-state index contributed by atoms with van der Waals surface area (Å²) in [5.74, 6) is 2.84. The van der Waals surface area contributed by atoms with Gasteiger partial charge in [0.15, 0.2) is 11.5 Å². The normalized spacial score (nSPS) is 18.5. The van der Waals surface area contributed by atoms with Crippen molar-refractivity contribution in [3.63, 3.8) is 0 Å². The fourth-order valence-corrected chi connectivity index (χ4v) is 5.16. The number of piperidine rings is 2. The van der Waals surface area contributed by atoms with Gasteiger partial charge in [0, 0.05) is 25.2 Å². The number of carbonyl (C=O) groups is 1. The highest BCUT2D eigenvalue weighted by atomic mass is 16.5. The number of ether oxygens (including phenoxy) is 2. The Hall–Kier alpha value is -2.53. The average Bonchev–Trinajstić information content (AvgIpc) is 2.85. The molecule has 0 aliphatic carbocycles. The zero-order valence-electron chi connectivity index (χ0n) is 19.5. The van der Waals surface area contributed by atoms with Gasteiger partial charge in [-0.3, -0.25) is 4.79 Å². The summed E-state index contributed by atoms with van der Waals surface area (Å²) >= 11 is 0. The molecule has 2 fully saturated rings. The standard InChI is InChI=1S/C27H36N2O3/c1-31-25-9-8-24(19-26(25)32-2)27(30)29-16-12-23(13-17-29)20-28-14-10-22(11-15-28)18-21-6-4-3-5-7-21/h3-9,19,22-23H,10-18,20H2,1-2H3. The van der Waals surface area contributed by atoms with Crippen molar-refractivity contribution in [2.24, 2.45) is 11.8 Å². The van der Waals surface area contributed by atoms with Crippen LogP contribution in [0.15, 0.2) is 48.5 Å². The van der Waals surface area contributed by atoms with Crippen LogP contribution in [0.3, 0.4) is 0 Å². The third-order valence-electron chi connectivity index (χ3n) is 7.12. The van der Waals surface area contributed by atoms with Crippen molar-refractivity contribution >= 4 is 5.91 Å². The molecule has 5 nitrogen and oxygen atoms in total. The summed E-state index contributed by atoms with van der Waals surface area (Å²) in [7, 11) is 3.21. The Morgan fingerprint density at radius 3 is 2.16 bits per heavy atom. The lowest BCUT2D eigenvalue weighted by molar-refractivity contribution is 0.0651. The number of methoxy groups -OCH3 is 2. The first-order valence-electron chi connectivity index (χ1n) is 11.9. The molecule has 2 aromatic rings. The summed E-state index contributed by atoms with van der Waals surface area (Å²) in [6, 6.07) is 16.3. The van der Waals surface area contributed by atoms with Gasteiger partial charge < -0.3 is 19.3 Å². The molecule has 5 heteroatoms. The highest BCUT2D eigenvalue weighted by Gasteiger charge is 2.27. The number of amides is 1. The maximum absolute atomic E-state index is 13.0. The highest BCUT2D eigenvalue weighted by molar-refractivity contribution is 5.95. The zero-order chi connectivity index (χ0) is 22.3. The molecule has 172 valence electrons. The molecular formula is C27H36N2O3. The van der Waals surface area contributed by atoms with Crippen LogP contribution in [0.25, 0.3) is 0 Å². The van der Waals surface area contributed by atoms with E-state index in [-0.39, 0.29) is 5.91 Å². The molecule has 2 aromatic carbocycles. The van der Waals surface area contributed by atoms with Crippen LogP contribution in [0.5, 0.6) is 11.5 Å². The molecular weight excluding hydrogens is 400 g/mol. The number of carbonyl (C=O) groups excluding carboxylic acids is 1. The molecule has 0 spiro atoms. The second-order valence-electron chi connectivity index (χ2n) is 9.24. The van der Waals surface area contributed by atoms with Crippen molar-refractivity contribution < 1.29 is 14.3 Å². The topological polar surface area (TPSA) is 42.0 Å². The van der Waals surface area contributed by atoms with Gasteiger partial charge >= 0.3 is 0 Å². The third-order valence-corrected chi connectivity index (χ3v) is 7.12. The Morgan fingerprint density at radius 2 is 1.50 bits per heavy atom. The molecule has 4 rings (SSSR count). The Kier molecular flexibility index (Phi) is 7.69. The Labute approximate surface area is 192 Å². The van der Waals surface area contributed by atoms with Crippen LogP contribution in [-0.4, -0.2) is 62.7 Å². The maximum Gasteiger partial charge on any atom is 0.253 e. The number of hydrogen-bond donors (Lipinski definition) is 0. The molecule has 32 heavy (non-hydrogen) atoms. The second-order valence-corrected chi connectivity index (χ2v) is 9.24. The predicted molar refractivity (Wildman–Crippen MR) is 127 cm³/mol. The van der Waals surface area contributed by atoms with Gasteiger partial charge in [-0.15, -0.1) is 0 Å². The summed E-state index contributed by atoms with van der Waals surface area (Å²) in [4.78, 5) is 17.6. The summed E-state index contributed by atoms with van der Waals surface area (Å²) in [5, 5.41) is 0. The van der Waals surface area contributed by atoms with E-state index < -0.39 is 0 Å². The van der Waals surface area contributed by atoms with Crippen molar-refractivity contribution in [3.8, 4) is 11.5 Å². The fourth-order valence-electron chi connectivity index (χ4n) is 5.16. The lowest BCUT2D eigenvalue weighted by Crippen LogP contribution is -2.43. The molecule has 0 aromatic heterocycles. The van der Waals surface area contributed by atoms with Crippen molar-refractivity contribution in [1.29, 1.82) is 0 Å². The largest absolute Gasteiger partial charge is 0.493 e. The van der Waals surface area contributed by atoms with Crippen molar-refractivity contribution in [2.45, 2.75) is 32.1 Å². The summed E-state index contributed by atoms with van der Waals surface area (Å²) in [5.41, 5.74) is 2.14. The van der Waals surface area contributed by atoms with Crippen LogP contribution in [0, 0.1) is 11.8 Å². The van der Waals surface area contributed by atoms with Crippen LogP contribution in [-0.2, 0) is 6.42 Å². The van der Waals surface area contributed by atoms with Gasteiger partial charge in [-0.05, 0) is 80.8 Å². The molecule has 0 N–H and O–H groups in total. The second kappa shape index (κ2) is 10.9. The van der Waals surface area contributed by atoms with Gasteiger partial charge in [-0.25, -0.2) is 0 Å². The van der Waals surface area contributed by atoms with Crippen LogP contribution < -0.4 is 9.47 Å². The van der Waals surface area contributed by atoms with Crippen LogP contribution in [0.1, 0.15) is 41.6 Å². The Balaban J connectivity index is 1.21. The molecule has 0 atom stereocenters. The van der Waals surface area contributed by atoms with E-state index in [1.54, 1.807) is 26.4 Å². The number of rotatable bonds is 7. The molecule has 0 bridgehead atoms. The van der Waals surface area contributed by atoms with Gasteiger partial charge in [-0.2, -0.15) is 0 Å². The Bertz CT molecular complexity index is 870. The van der Waals surface area contributed by atoms with E-state index in [0.29, 0.717) is 23.0 Å². The highest BCUT2D eigenvalue weighted by Crippen LogP contribution is 2.29. The van der Waals surface area contributed by atoms with Crippen molar-refractivity contribution in [1.82, 2.24) is 9.80 Å². The Morgan fingerprint density at radius 1 is 0.844 bits per heavy atom. The van der Waals surface area contributed by atoms with Gasteiger partial charge in [0.25, 0.3) is 5.91 Å². The lowest BCUT2D eigenvalue weighted by atomic mass is 9.89. The van der Waals surface area contributed by atoms with Crippen LogP contribution >= 0.6 is 0 Å². The molecule has 0 saturated carbocycles. The summed E-state index contributed by atoms with van der Waals surface area (Å²) in [6.45, 7) is 5.27.